The molecule has 0 aromatic rings. The molecule has 0 heterocycles. The Morgan fingerprint density at radius 2 is 1.22 bits per heavy atom. The Morgan fingerprint density at radius 3 is 1.67 bits per heavy atom. The first-order valence-electron chi connectivity index (χ1n) is 8.03. The summed E-state index contributed by atoms with van der Waals surface area (Å²) in [7, 11) is 0. The lowest BCUT2D eigenvalue weighted by Crippen LogP contribution is -2.07. The SMILES string of the molecule is CCOC(C)CCCCCCCCCCCCO. The highest BCUT2D eigenvalue weighted by Gasteiger charge is 1.99. The topological polar surface area (TPSA) is 29.5 Å². The Bertz CT molecular complexity index is 148. The second-order valence-electron chi connectivity index (χ2n) is 5.31. The Balaban J connectivity index is 2.98. The fourth-order valence-electron chi connectivity index (χ4n) is 2.33. The molecule has 0 spiro atoms. The average Bonchev–Trinajstić information content (AvgIpc) is 2.36. The molecule has 0 fully saturated rings. The van der Waals surface area contributed by atoms with Crippen molar-refractivity contribution in [3.05, 3.63) is 0 Å². The van der Waals surface area contributed by atoms with Gasteiger partial charge in [0, 0.05) is 13.2 Å². The second kappa shape index (κ2) is 15.0. The van der Waals surface area contributed by atoms with Crippen LogP contribution in [-0.2, 0) is 4.74 Å². The van der Waals surface area contributed by atoms with Crippen molar-refractivity contribution in [1.82, 2.24) is 0 Å². The van der Waals surface area contributed by atoms with Crippen LogP contribution < -0.4 is 0 Å². The minimum atomic E-state index is 0.361. The maximum absolute atomic E-state index is 8.65. The van der Waals surface area contributed by atoms with E-state index in [1.54, 1.807) is 0 Å². The molecule has 0 saturated carbocycles. The van der Waals surface area contributed by atoms with Gasteiger partial charge in [0.1, 0.15) is 0 Å². The first-order valence-corrected chi connectivity index (χ1v) is 8.03. The molecule has 0 aliphatic heterocycles. The number of hydrogen-bond acceptors (Lipinski definition) is 2. The molecule has 1 unspecified atom stereocenters. The van der Waals surface area contributed by atoms with Gasteiger partial charge in [0.25, 0.3) is 0 Å². The molecule has 110 valence electrons. The summed E-state index contributed by atoms with van der Waals surface area (Å²) in [5, 5.41) is 8.65. The second-order valence-corrected chi connectivity index (χ2v) is 5.31. The molecule has 0 amide bonds. The predicted octanol–water partition coefficient (Wildman–Crippen LogP) is 4.69. The molecule has 1 N–H and O–H groups in total. The van der Waals surface area contributed by atoms with Crippen molar-refractivity contribution in [3.8, 4) is 0 Å². The Hall–Kier alpha value is -0.0800. The van der Waals surface area contributed by atoms with Crippen molar-refractivity contribution < 1.29 is 9.84 Å². The van der Waals surface area contributed by atoms with E-state index in [9.17, 15) is 0 Å². The van der Waals surface area contributed by atoms with E-state index in [0.717, 1.165) is 13.0 Å². The molecule has 18 heavy (non-hydrogen) atoms. The van der Waals surface area contributed by atoms with Gasteiger partial charge in [0.15, 0.2) is 0 Å². The predicted molar refractivity (Wildman–Crippen MR) is 79.0 cm³/mol. The molecule has 0 saturated heterocycles. The van der Waals surface area contributed by atoms with Crippen molar-refractivity contribution in [3.63, 3.8) is 0 Å². The summed E-state index contributed by atoms with van der Waals surface area (Å²) in [5.41, 5.74) is 0. The van der Waals surface area contributed by atoms with Crippen LogP contribution in [0.3, 0.4) is 0 Å². The third-order valence-corrected chi connectivity index (χ3v) is 3.47. The molecular weight excluding hydrogens is 224 g/mol. The number of rotatable bonds is 14. The summed E-state index contributed by atoms with van der Waals surface area (Å²) in [6, 6.07) is 0. The van der Waals surface area contributed by atoms with Gasteiger partial charge in [-0.25, -0.2) is 0 Å². The minimum Gasteiger partial charge on any atom is -0.396 e. The van der Waals surface area contributed by atoms with E-state index < -0.39 is 0 Å². The van der Waals surface area contributed by atoms with E-state index in [2.05, 4.69) is 13.8 Å². The van der Waals surface area contributed by atoms with Crippen LogP contribution in [0, 0.1) is 0 Å². The highest BCUT2D eigenvalue weighted by atomic mass is 16.5. The standard InChI is InChI=1S/C16H34O2/c1-3-18-16(2)14-12-10-8-6-4-5-7-9-11-13-15-17/h16-17H,3-15H2,1-2H3. The van der Waals surface area contributed by atoms with E-state index in [-0.39, 0.29) is 0 Å². The molecule has 0 aliphatic rings. The van der Waals surface area contributed by atoms with Gasteiger partial charge in [-0.1, -0.05) is 57.8 Å². The van der Waals surface area contributed by atoms with E-state index in [1.807, 2.05) is 0 Å². The van der Waals surface area contributed by atoms with Gasteiger partial charge < -0.3 is 9.84 Å². The molecule has 0 rings (SSSR count). The van der Waals surface area contributed by atoms with Crippen molar-refractivity contribution in [2.75, 3.05) is 13.2 Å². The summed E-state index contributed by atoms with van der Waals surface area (Å²) in [6.45, 7) is 5.45. The van der Waals surface area contributed by atoms with Gasteiger partial charge in [-0.3, -0.25) is 0 Å². The summed E-state index contributed by atoms with van der Waals surface area (Å²) in [4.78, 5) is 0. The Labute approximate surface area is 114 Å². The molecule has 1 atom stereocenters. The normalized spacial score (nSPS) is 12.8. The van der Waals surface area contributed by atoms with Crippen LogP contribution in [-0.4, -0.2) is 24.4 Å². The largest absolute Gasteiger partial charge is 0.396 e. The zero-order valence-electron chi connectivity index (χ0n) is 12.6. The van der Waals surface area contributed by atoms with Gasteiger partial charge in [0.05, 0.1) is 6.10 Å². The van der Waals surface area contributed by atoms with Crippen molar-refractivity contribution in [1.29, 1.82) is 0 Å². The first-order chi connectivity index (χ1) is 8.81. The Morgan fingerprint density at radius 1 is 0.778 bits per heavy atom. The highest BCUT2D eigenvalue weighted by Crippen LogP contribution is 2.12. The van der Waals surface area contributed by atoms with Crippen LogP contribution in [0.2, 0.25) is 0 Å². The monoisotopic (exact) mass is 258 g/mol. The van der Waals surface area contributed by atoms with E-state index in [4.69, 9.17) is 9.84 Å². The lowest BCUT2D eigenvalue weighted by Gasteiger charge is -2.10. The average molecular weight is 258 g/mol. The lowest BCUT2D eigenvalue weighted by atomic mass is 10.0. The Kier molecular flexibility index (Phi) is 14.9. The first kappa shape index (κ1) is 17.9. The quantitative estimate of drug-likeness (QED) is 0.458. The highest BCUT2D eigenvalue weighted by molar-refractivity contribution is 4.52. The molecule has 0 aliphatic carbocycles. The zero-order chi connectivity index (χ0) is 13.5. The van der Waals surface area contributed by atoms with Gasteiger partial charge in [-0.05, 0) is 26.7 Å². The van der Waals surface area contributed by atoms with E-state index in [0.29, 0.717) is 12.7 Å². The number of unbranched alkanes of at least 4 members (excludes halogenated alkanes) is 9. The molecule has 0 bridgehead atoms. The maximum atomic E-state index is 8.65. The van der Waals surface area contributed by atoms with Crippen molar-refractivity contribution in [2.24, 2.45) is 0 Å². The van der Waals surface area contributed by atoms with Gasteiger partial charge in [-0.2, -0.15) is 0 Å². The van der Waals surface area contributed by atoms with Gasteiger partial charge >= 0.3 is 0 Å². The molecule has 0 aromatic heterocycles. The van der Waals surface area contributed by atoms with Crippen LogP contribution in [0.1, 0.15) is 84.5 Å². The van der Waals surface area contributed by atoms with Crippen molar-refractivity contribution in [2.45, 2.75) is 90.6 Å². The number of aliphatic hydroxyl groups is 1. The molecule has 0 aromatic carbocycles. The fraction of sp³-hybridized carbons (Fsp3) is 1.00. The summed E-state index contributed by atoms with van der Waals surface area (Å²) < 4.78 is 5.52. The van der Waals surface area contributed by atoms with E-state index >= 15 is 0 Å². The van der Waals surface area contributed by atoms with Gasteiger partial charge in [0.2, 0.25) is 0 Å². The summed E-state index contributed by atoms with van der Waals surface area (Å²) in [5.74, 6) is 0. The smallest absolute Gasteiger partial charge is 0.0546 e. The van der Waals surface area contributed by atoms with Crippen LogP contribution in [0.5, 0.6) is 0 Å². The van der Waals surface area contributed by atoms with Crippen LogP contribution >= 0.6 is 0 Å². The third kappa shape index (κ3) is 14.0. The lowest BCUT2D eigenvalue weighted by molar-refractivity contribution is 0.0683. The molecule has 2 heteroatoms. The van der Waals surface area contributed by atoms with Crippen LogP contribution in [0.4, 0.5) is 0 Å². The minimum absolute atomic E-state index is 0.361. The van der Waals surface area contributed by atoms with Crippen LogP contribution in [0.15, 0.2) is 0 Å². The summed E-state index contributed by atoms with van der Waals surface area (Å²) >= 11 is 0. The fourth-order valence-corrected chi connectivity index (χ4v) is 2.33. The number of ether oxygens (including phenoxy) is 1. The van der Waals surface area contributed by atoms with Gasteiger partial charge in [-0.15, -0.1) is 0 Å². The third-order valence-electron chi connectivity index (χ3n) is 3.47. The summed E-state index contributed by atoms with van der Waals surface area (Å²) in [6.07, 6.45) is 14.7. The van der Waals surface area contributed by atoms with Crippen molar-refractivity contribution >= 4 is 0 Å². The maximum Gasteiger partial charge on any atom is 0.0546 e. The molecule has 0 radical (unpaired) electrons. The number of aliphatic hydroxyl groups excluding tert-OH is 1. The van der Waals surface area contributed by atoms with E-state index in [1.165, 1.54) is 64.2 Å². The zero-order valence-corrected chi connectivity index (χ0v) is 12.6. The van der Waals surface area contributed by atoms with Crippen LogP contribution in [0.25, 0.3) is 0 Å². The molecular formula is C16H34O2. The molecule has 2 nitrogen and oxygen atoms in total. The number of hydrogen-bond donors (Lipinski definition) is 1.